The molecule has 0 aliphatic carbocycles. The summed E-state index contributed by atoms with van der Waals surface area (Å²) in [5.41, 5.74) is 3.19. The monoisotopic (exact) mass is 337 g/mol. The predicted molar refractivity (Wildman–Crippen MR) is 96.7 cm³/mol. The second-order valence-corrected chi connectivity index (χ2v) is 6.89. The number of ether oxygens (including phenoxy) is 1. The van der Waals surface area contributed by atoms with Crippen molar-refractivity contribution in [3.63, 3.8) is 0 Å². The summed E-state index contributed by atoms with van der Waals surface area (Å²) in [6.07, 6.45) is 1.98. The van der Waals surface area contributed by atoms with Crippen LogP contribution in [0.3, 0.4) is 0 Å². The lowest BCUT2D eigenvalue weighted by Crippen LogP contribution is -2.50. The van der Waals surface area contributed by atoms with E-state index in [9.17, 15) is 4.79 Å². The number of amides is 1. The van der Waals surface area contributed by atoms with E-state index in [1.54, 1.807) is 0 Å². The highest BCUT2D eigenvalue weighted by Gasteiger charge is 2.36. The Hall–Kier alpha value is -2.40. The zero-order chi connectivity index (χ0) is 17.3. The van der Waals surface area contributed by atoms with Crippen molar-refractivity contribution in [2.24, 2.45) is 0 Å². The average Bonchev–Trinajstić information content (AvgIpc) is 2.68. The summed E-state index contributed by atoms with van der Waals surface area (Å²) in [6.45, 7) is 4.68. The molecule has 1 amide bonds. The number of carbonyl (C=O) groups excluding carboxylic acids is 1. The van der Waals surface area contributed by atoms with Crippen molar-refractivity contribution >= 4 is 11.6 Å². The summed E-state index contributed by atoms with van der Waals surface area (Å²) >= 11 is 0. The molecule has 1 N–H and O–H groups in total. The number of carbonyl (C=O) groups is 1. The van der Waals surface area contributed by atoms with Gasteiger partial charge in [0.25, 0.3) is 5.91 Å². The van der Waals surface area contributed by atoms with Gasteiger partial charge in [-0.3, -0.25) is 4.79 Å². The van der Waals surface area contributed by atoms with Crippen molar-refractivity contribution in [1.29, 1.82) is 0 Å². The maximum Gasteiger partial charge on any atom is 0.272 e. The van der Waals surface area contributed by atoms with Gasteiger partial charge in [-0.05, 0) is 37.5 Å². The number of anilines is 1. The number of hydrogen-bond acceptors (Lipinski definition) is 4. The van der Waals surface area contributed by atoms with E-state index >= 15 is 0 Å². The van der Waals surface area contributed by atoms with Crippen molar-refractivity contribution in [3.05, 3.63) is 59.4 Å². The zero-order valence-electron chi connectivity index (χ0n) is 14.5. The first-order valence-corrected chi connectivity index (χ1v) is 8.88. The second-order valence-electron chi connectivity index (χ2n) is 6.89. The number of nitrogens with zero attached hydrogens (tertiary/aromatic N) is 2. The molecule has 1 atom stereocenters. The third-order valence-corrected chi connectivity index (χ3v) is 5.05. The van der Waals surface area contributed by atoms with E-state index < -0.39 is 5.60 Å². The van der Waals surface area contributed by atoms with E-state index in [1.165, 1.54) is 0 Å². The molecule has 1 saturated heterocycles. The van der Waals surface area contributed by atoms with Crippen LogP contribution in [0, 0.1) is 0 Å². The van der Waals surface area contributed by atoms with Gasteiger partial charge in [0.05, 0.1) is 24.5 Å². The molecular weight excluding hydrogens is 314 g/mol. The van der Waals surface area contributed by atoms with Crippen molar-refractivity contribution in [3.8, 4) is 0 Å². The minimum Gasteiger partial charge on any atom is -0.384 e. The molecule has 0 saturated carbocycles. The van der Waals surface area contributed by atoms with Crippen LogP contribution in [0.4, 0.5) is 5.69 Å². The number of fused-ring (bicyclic) bond motifs is 1. The normalized spacial score (nSPS) is 22.8. The van der Waals surface area contributed by atoms with Gasteiger partial charge in [-0.15, -0.1) is 0 Å². The summed E-state index contributed by atoms with van der Waals surface area (Å²) < 4.78 is 6.03. The molecule has 5 nitrogen and oxygen atoms in total. The number of nitrogens with one attached hydrogen (secondary N) is 1. The van der Waals surface area contributed by atoms with Crippen molar-refractivity contribution in [2.75, 3.05) is 31.6 Å². The van der Waals surface area contributed by atoms with Crippen LogP contribution in [0.25, 0.3) is 0 Å². The van der Waals surface area contributed by atoms with Crippen LogP contribution in [0.5, 0.6) is 0 Å². The van der Waals surface area contributed by atoms with Crippen LogP contribution in [0.15, 0.2) is 42.5 Å². The third-order valence-electron chi connectivity index (χ3n) is 5.05. The minimum atomic E-state index is -0.481. The highest BCUT2D eigenvalue weighted by molar-refractivity contribution is 5.93. The molecule has 25 heavy (non-hydrogen) atoms. The van der Waals surface area contributed by atoms with Crippen LogP contribution in [-0.2, 0) is 16.8 Å². The van der Waals surface area contributed by atoms with E-state index in [2.05, 4.69) is 22.4 Å². The number of rotatable bonds is 2. The lowest BCUT2D eigenvalue weighted by atomic mass is 9.93. The number of morpholine rings is 1. The van der Waals surface area contributed by atoms with Crippen LogP contribution < -0.4 is 5.32 Å². The predicted octanol–water partition coefficient (Wildman–Crippen LogP) is 2.83. The van der Waals surface area contributed by atoms with Crippen LogP contribution in [0.2, 0.25) is 0 Å². The van der Waals surface area contributed by atoms with Gasteiger partial charge in [-0.1, -0.05) is 30.3 Å². The first kappa shape index (κ1) is 16.1. The minimum absolute atomic E-state index is 0.0150. The number of aryl methyl sites for hydroxylation is 1. The number of benzene rings is 1. The van der Waals surface area contributed by atoms with E-state index in [4.69, 9.17) is 4.74 Å². The Kier molecular flexibility index (Phi) is 4.17. The quantitative estimate of drug-likeness (QED) is 0.915. The zero-order valence-corrected chi connectivity index (χ0v) is 14.5. The molecular formula is C20H23N3O2. The highest BCUT2D eigenvalue weighted by Crippen LogP contribution is 2.30. The Morgan fingerprint density at radius 1 is 1.24 bits per heavy atom. The molecule has 2 aliphatic rings. The van der Waals surface area contributed by atoms with Crippen LogP contribution in [-0.4, -0.2) is 42.0 Å². The number of pyridine rings is 1. The van der Waals surface area contributed by atoms with Gasteiger partial charge in [0, 0.05) is 13.1 Å². The van der Waals surface area contributed by atoms with Gasteiger partial charge < -0.3 is 15.0 Å². The van der Waals surface area contributed by atoms with E-state index in [-0.39, 0.29) is 5.91 Å². The molecule has 3 heterocycles. The largest absolute Gasteiger partial charge is 0.384 e. The molecule has 5 heteroatoms. The maximum atomic E-state index is 13.0. The standard InChI is InChI=1S/C20H23N3O2/c1-20(15-6-3-2-4-7-15)14-23(12-13-25-20)19(24)18-10-9-16-17(22-18)8-5-11-21-16/h2-4,6-7,9-10,21H,5,8,11-14H2,1H3. The molecule has 2 aliphatic heterocycles. The topological polar surface area (TPSA) is 54.5 Å². The van der Waals surface area contributed by atoms with Gasteiger partial charge in [0.1, 0.15) is 11.3 Å². The Bertz CT molecular complexity index is 778. The molecule has 0 spiro atoms. The van der Waals surface area contributed by atoms with Gasteiger partial charge in [0.2, 0.25) is 0 Å². The van der Waals surface area contributed by atoms with Gasteiger partial charge in [0.15, 0.2) is 0 Å². The number of hydrogen-bond donors (Lipinski definition) is 1. The molecule has 1 fully saturated rings. The molecule has 0 bridgehead atoms. The Labute approximate surface area is 148 Å². The number of aromatic nitrogens is 1. The van der Waals surface area contributed by atoms with E-state index in [0.29, 0.717) is 25.4 Å². The molecule has 2 aromatic rings. The Balaban J connectivity index is 1.56. The lowest BCUT2D eigenvalue weighted by molar-refractivity contribution is -0.0931. The lowest BCUT2D eigenvalue weighted by Gasteiger charge is -2.40. The Morgan fingerprint density at radius 3 is 2.92 bits per heavy atom. The maximum absolute atomic E-state index is 13.0. The SMILES string of the molecule is CC1(c2ccccc2)CN(C(=O)c2ccc3c(n2)CCCN3)CCO1. The summed E-state index contributed by atoms with van der Waals surface area (Å²) in [7, 11) is 0. The first-order valence-electron chi connectivity index (χ1n) is 8.88. The molecule has 1 aromatic carbocycles. The van der Waals surface area contributed by atoms with Crippen molar-refractivity contribution in [2.45, 2.75) is 25.4 Å². The first-order chi connectivity index (χ1) is 12.2. The third kappa shape index (κ3) is 3.12. The fraction of sp³-hybridized carbons (Fsp3) is 0.400. The van der Waals surface area contributed by atoms with Crippen LogP contribution in [0.1, 0.15) is 35.1 Å². The van der Waals surface area contributed by atoms with Gasteiger partial charge >= 0.3 is 0 Å². The smallest absolute Gasteiger partial charge is 0.272 e. The molecule has 1 aromatic heterocycles. The van der Waals surface area contributed by atoms with Crippen molar-refractivity contribution in [1.82, 2.24) is 9.88 Å². The Morgan fingerprint density at radius 2 is 2.08 bits per heavy atom. The fourth-order valence-corrected chi connectivity index (χ4v) is 3.62. The summed E-state index contributed by atoms with van der Waals surface area (Å²) in [5, 5.41) is 3.34. The highest BCUT2D eigenvalue weighted by atomic mass is 16.5. The molecule has 1 unspecified atom stereocenters. The summed E-state index contributed by atoms with van der Waals surface area (Å²) in [4.78, 5) is 19.5. The van der Waals surface area contributed by atoms with Crippen molar-refractivity contribution < 1.29 is 9.53 Å². The second kappa shape index (κ2) is 6.48. The molecule has 0 radical (unpaired) electrons. The van der Waals surface area contributed by atoms with Gasteiger partial charge in [-0.25, -0.2) is 4.98 Å². The summed E-state index contributed by atoms with van der Waals surface area (Å²) in [6, 6.07) is 13.9. The molecule has 130 valence electrons. The van der Waals surface area contributed by atoms with E-state index in [1.807, 2.05) is 42.2 Å². The molecule has 4 rings (SSSR count). The van der Waals surface area contributed by atoms with Crippen LogP contribution >= 0.6 is 0 Å². The summed E-state index contributed by atoms with van der Waals surface area (Å²) in [5.74, 6) is -0.0150. The van der Waals surface area contributed by atoms with E-state index in [0.717, 1.165) is 36.3 Å². The van der Waals surface area contributed by atoms with Gasteiger partial charge in [-0.2, -0.15) is 0 Å². The fourth-order valence-electron chi connectivity index (χ4n) is 3.62. The average molecular weight is 337 g/mol.